The summed E-state index contributed by atoms with van der Waals surface area (Å²) in [4.78, 5) is 29.5. The van der Waals surface area contributed by atoms with Gasteiger partial charge in [-0.2, -0.15) is 0 Å². The van der Waals surface area contributed by atoms with Crippen LogP contribution in [0.5, 0.6) is 0 Å². The van der Waals surface area contributed by atoms with E-state index in [1.165, 1.54) is 6.92 Å². The lowest BCUT2D eigenvalue weighted by molar-refractivity contribution is 0.498. The minimum atomic E-state index is -0.546. The highest BCUT2D eigenvalue weighted by Crippen LogP contribution is 2.29. The van der Waals surface area contributed by atoms with E-state index in [1.807, 2.05) is 0 Å². The molecule has 0 amide bonds. The Morgan fingerprint density at radius 2 is 1.83 bits per heavy atom. The number of hydrogen-bond donors (Lipinski definition) is 1. The summed E-state index contributed by atoms with van der Waals surface area (Å²) in [6.07, 6.45) is 0. The quantitative estimate of drug-likeness (QED) is 0.491. The van der Waals surface area contributed by atoms with Gasteiger partial charge in [0.1, 0.15) is 5.76 Å². The third kappa shape index (κ3) is 1.88. The minimum Gasteiger partial charge on any atom is -0.512 e. The highest BCUT2D eigenvalue weighted by Gasteiger charge is 2.17. The molecule has 0 unspecified atom stereocenters. The van der Waals surface area contributed by atoms with Gasteiger partial charge in [0.25, 0.3) is 5.56 Å². The Morgan fingerprint density at radius 3 is 2.50 bits per heavy atom. The lowest BCUT2D eigenvalue weighted by Crippen LogP contribution is -2.32. The third-order valence-corrected chi connectivity index (χ3v) is 5.06. The van der Waals surface area contributed by atoms with Gasteiger partial charge < -0.3 is 5.11 Å². The number of aliphatic hydroxyl groups excluding tert-OH is 1. The van der Waals surface area contributed by atoms with Gasteiger partial charge in [-0.15, -0.1) is 0 Å². The van der Waals surface area contributed by atoms with E-state index in [2.05, 4.69) is 20.9 Å². The molecule has 1 heterocycles. The van der Waals surface area contributed by atoms with Gasteiger partial charge in [0.2, 0.25) is 0 Å². The summed E-state index contributed by atoms with van der Waals surface area (Å²) in [5.41, 5.74) is -0.402. The molecule has 0 spiro atoms. The van der Waals surface area contributed by atoms with Crippen molar-refractivity contribution in [1.82, 2.24) is 4.98 Å². The van der Waals surface area contributed by atoms with Crippen molar-refractivity contribution in [3.8, 4) is 0 Å². The molecule has 0 saturated heterocycles. The topological polar surface area (TPSA) is 67.3 Å². The van der Waals surface area contributed by atoms with Crippen molar-refractivity contribution in [2.45, 2.75) is 6.92 Å². The van der Waals surface area contributed by atoms with Gasteiger partial charge in [-0.3, -0.25) is 9.59 Å². The second kappa shape index (κ2) is 5.13. The summed E-state index contributed by atoms with van der Waals surface area (Å²) in [5.74, 6) is -0.143. The van der Waals surface area contributed by atoms with E-state index in [4.69, 9.17) is 11.6 Å². The second-order valence-electron chi connectivity index (χ2n) is 5.57. The number of fused-ring (bicyclic) bond motifs is 2. The fourth-order valence-electron chi connectivity index (χ4n) is 3.21. The van der Waals surface area contributed by atoms with Crippen molar-refractivity contribution in [2.75, 3.05) is 0 Å². The maximum absolute atomic E-state index is 12.9. The summed E-state index contributed by atoms with van der Waals surface area (Å²) in [7, 11) is 0. The van der Waals surface area contributed by atoms with Crippen LogP contribution in [0.2, 0.25) is 5.02 Å². The molecule has 0 radical (unpaired) electrons. The van der Waals surface area contributed by atoms with E-state index in [0.717, 1.165) is 0 Å². The van der Waals surface area contributed by atoms with Crippen LogP contribution in [-0.4, -0.2) is 10.1 Å². The van der Waals surface area contributed by atoms with Crippen molar-refractivity contribution in [1.29, 1.82) is 0 Å². The highest BCUT2D eigenvalue weighted by atomic mass is 79.9. The molecule has 0 aromatic heterocycles. The van der Waals surface area contributed by atoms with E-state index < -0.39 is 5.56 Å². The average molecular weight is 403 g/mol. The van der Waals surface area contributed by atoms with Gasteiger partial charge in [-0.25, -0.2) is 4.98 Å². The van der Waals surface area contributed by atoms with E-state index >= 15 is 0 Å². The van der Waals surface area contributed by atoms with Crippen molar-refractivity contribution in [2.24, 2.45) is 0 Å². The Hall–Kier alpha value is -2.24. The van der Waals surface area contributed by atoms with E-state index in [1.54, 1.807) is 30.3 Å². The summed E-state index contributed by atoms with van der Waals surface area (Å²) in [6.45, 7) is 1.43. The Bertz CT molecular complexity index is 1380. The van der Waals surface area contributed by atoms with Gasteiger partial charge >= 0.3 is 0 Å². The molecule has 118 valence electrons. The molecule has 4 rings (SSSR count). The summed E-state index contributed by atoms with van der Waals surface area (Å²) >= 11 is 9.68. The second-order valence-corrected chi connectivity index (χ2v) is 6.83. The zero-order chi connectivity index (χ0) is 17.2. The molecule has 2 aromatic rings. The Kier molecular flexibility index (Phi) is 3.27. The smallest absolute Gasteiger partial charge is 0.281 e. The first kappa shape index (κ1) is 15.3. The van der Waals surface area contributed by atoms with Gasteiger partial charge in [0, 0.05) is 20.3 Å². The van der Waals surface area contributed by atoms with Crippen LogP contribution in [-0.2, 0) is 0 Å². The summed E-state index contributed by atoms with van der Waals surface area (Å²) in [6, 6.07) is 8.54. The van der Waals surface area contributed by atoms with Crippen LogP contribution in [0.1, 0.15) is 6.92 Å². The first-order chi connectivity index (χ1) is 11.4. The van der Waals surface area contributed by atoms with Crippen LogP contribution in [0.3, 0.4) is 0 Å². The maximum atomic E-state index is 12.9. The number of hydrogen-bond acceptors (Lipinski definition) is 4. The summed E-state index contributed by atoms with van der Waals surface area (Å²) in [5, 5.41) is 12.8. The van der Waals surface area contributed by atoms with Crippen LogP contribution in [0, 0.1) is 10.4 Å². The van der Waals surface area contributed by atoms with Gasteiger partial charge in [0.15, 0.2) is 5.43 Å². The summed E-state index contributed by atoms with van der Waals surface area (Å²) < 4.78 is 0.527. The maximum Gasteiger partial charge on any atom is 0.281 e. The van der Waals surface area contributed by atoms with Gasteiger partial charge in [0.05, 0.1) is 21.1 Å². The predicted molar refractivity (Wildman–Crippen MR) is 97.9 cm³/mol. The van der Waals surface area contributed by atoms with Crippen molar-refractivity contribution in [3.63, 3.8) is 0 Å². The molecule has 6 heteroatoms. The van der Waals surface area contributed by atoms with Crippen LogP contribution in [0.25, 0.3) is 27.4 Å². The lowest BCUT2D eigenvalue weighted by Gasteiger charge is -2.09. The molecule has 1 aliphatic heterocycles. The number of halogens is 2. The largest absolute Gasteiger partial charge is 0.512 e. The fourth-order valence-corrected chi connectivity index (χ4v) is 4.15. The Labute approximate surface area is 148 Å². The standard InChI is InChI=1S/C18H9BrClNO3/c1-7(22)12-13-8-4-2-3-5-9(8)17(23)14-11(20)6-10(19)16(15(13)14)21-18(12)24/h2-6,22H,1H3/b12-7+. The predicted octanol–water partition coefficient (Wildman–Crippen LogP) is 3.09. The zero-order valence-electron chi connectivity index (χ0n) is 12.4. The van der Waals surface area contributed by atoms with Crippen molar-refractivity contribution >= 4 is 55.0 Å². The molecular formula is C18H9BrClNO3. The molecule has 2 aromatic carbocycles. The SMILES string of the molecule is C/C(O)=c1\c(=O)nc2c(Br)cc(Cl)c3c2=c1c1ccccc1c3=O. The molecular weight excluding hydrogens is 394 g/mol. The van der Waals surface area contributed by atoms with Crippen LogP contribution in [0.4, 0.5) is 0 Å². The van der Waals surface area contributed by atoms with E-state index in [9.17, 15) is 14.7 Å². The molecule has 4 nitrogen and oxygen atoms in total. The Balaban J connectivity index is 2.73. The van der Waals surface area contributed by atoms with Crippen molar-refractivity contribution < 1.29 is 5.11 Å². The number of nitrogens with zero attached hydrogens (tertiary/aromatic N) is 1. The molecule has 24 heavy (non-hydrogen) atoms. The molecule has 2 aliphatic rings. The van der Waals surface area contributed by atoms with Crippen LogP contribution < -0.4 is 16.2 Å². The molecule has 0 atom stereocenters. The van der Waals surface area contributed by atoms with Crippen LogP contribution >= 0.6 is 27.5 Å². The molecule has 0 bridgehead atoms. The zero-order valence-corrected chi connectivity index (χ0v) is 14.7. The normalized spacial score (nSPS) is 13.1. The number of aromatic nitrogens is 1. The van der Waals surface area contributed by atoms with Crippen LogP contribution in [0.15, 0.2) is 44.4 Å². The first-order valence-corrected chi connectivity index (χ1v) is 8.28. The Morgan fingerprint density at radius 1 is 1.17 bits per heavy atom. The van der Waals surface area contributed by atoms with Gasteiger partial charge in [-0.1, -0.05) is 35.9 Å². The van der Waals surface area contributed by atoms with E-state index in [-0.39, 0.29) is 21.4 Å². The monoisotopic (exact) mass is 401 g/mol. The molecule has 1 N–H and O–H groups in total. The van der Waals surface area contributed by atoms with Crippen molar-refractivity contribution in [3.05, 3.63) is 76.1 Å². The molecule has 0 saturated carbocycles. The minimum absolute atomic E-state index is 0.0952. The average Bonchev–Trinajstić information content (AvgIpc) is 2.53. The number of aliphatic hydroxyl groups is 1. The third-order valence-electron chi connectivity index (χ3n) is 4.16. The first-order valence-electron chi connectivity index (χ1n) is 7.11. The van der Waals surface area contributed by atoms with E-state index in [0.29, 0.717) is 36.6 Å². The molecule has 1 aliphatic carbocycles. The number of rotatable bonds is 0. The number of benzene rings is 2. The molecule has 0 fully saturated rings. The fraction of sp³-hybridized carbons (Fsp3) is 0.0556. The van der Waals surface area contributed by atoms with Gasteiger partial charge in [-0.05, 0) is 34.3 Å². The highest BCUT2D eigenvalue weighted by molar-refractivity contribution is 9.10. The lowest BCUT2D eigenvalue weighted by atomic mass is 9.98.